The van der Waals surface area contributed by atoms with Crippen LogP contribution in [-0.2, 0) is 0 Å². The van der Waals surface area contributed by atoms with Crippen molar-refractivity contribution in [2.45, 2.75) is 78.4 Å². The van der Waals surface area contributed by atoms with Gasteiger partial charge >= 0.3 is 0 Å². The second kappa shape index (κ2) is 8.16. The number of nitrogens with zero attached hydrogens (tertiary/aromatic N) is 1. The molecule has 0 aromatic carbocycles. The van der Waals surface area contributed by atoms with E-state index in [1.54, 1.807) is 0 Å². The van der Waals surface area contributed by atoms with Gasteiger partial charge in [-0.2, -0.15) is 0 Å². The molecule has 0 bridgehead atoms. The molecule has 108 valence electrons. The molecule has 18 heavy (non-hydrogen) atoms. The average molecular weight is 255 g/mol. The Morgan fingerprint density at radius 3 is 1.72 bits per heavy atom. The quantitative estimate of drug-likeness (QED) is 0.750. The van der Waals surface area contributed by atoms with Crippen molar-refractivity contribution in [2.24, 2.45) is 11.8 Å². The second-order valence-electron chi connectivity index (χ2n) is 6.86. The third-order valence-electron chi connectivity index (χ3n) is 4.17. The average Bonchev–Trinajstić information content (AvgIpc) is 2.30. The maximum absolute atomic E-state index is 9.63. The largest absolute Gasteiger partial charge is 0.393 e. The summed E-state index contributed by atoms with van der Waals surface area (Å²) in [5.74, 6) is 1.58. The van der Waals surface area contributed by atoms with Crippen LogP contribution in [-0.4, -0.2) is 35.2 Å². The molecule has 2 nitrogen and oxygen atoms in total. The molecule has 0 spiro atoms. The Labute approximate surface area is 114 Å². The molecule has 1 saturated carbocycles. The van der Waals surface area contributed by atoms with Crippen molar-refractivity contribution in [3.63, 3.8) is 0 Å². The summed E-state index contributed by atoms with van der Waals surface area (Å²) in [6, 6.07) is 0.728. The number of aliphatic hydroxyl groups excluding tert-OH is 1. The predicted molar refractivity (Wildman–Crippen MR) is 78.7 cm³/mol. The number of hydrogen-bond acceptors (Lipinski definition) is 2. The molecule has 0 unspecified atom stereocenters. The van der Waals surface area contributed by atoms with Gasteiger partial charge in [0.1, 0.15) is 0 Å². The van der Waals surface area contributed by atoms with Crippen molar-refractivity contribution >= 4 is 0 Å². The maximum atomic E-state index is 9.63. The standard InChI is InChI=1S/C16H33NO/c1-13(2)9-11-17(12-10-14(3)4)15-5-7-16(18)8-6-15/h13-16,18H,5-12H2,1-4H3. The van der Waals surface area contributed by atoms with Gasteiger partial charge in [0.25, 0.3) is 0 Å². The summed E-state index contributed by atoms with van der Waals surface area (Å²) in [4.78, 5) is 2.70. The van der Waals surface area contributed by atoms with Gasteiger partial charge in [-0.3, -0.25) is 0 Å². The van der Waals surface area contributed by atoms with Gasteiger partial charge in [0.05, 0.1) is 6.10 Å². The SMILES string of the molecule is CC(C)CCN(CCC(C)C)C1CCC(O)CC1. The monoisotopic (exact) mass is 255 g/mol. The minimum atomic E-state index is -0.0294. The van der Waals surface area contributed by atoms with Crippen molar-refractivity contribution in [3.8, 4) is 0 Å². The zero-order valence-corrected chi connectivity index (χ0v) is 12.9. The van der Waals surface area contributed by atoms with Crippen LogP contribution in [0.2, 0.25) is 0 Å². The number of rotatable bonds is 7. The zero-order valence-electron chi connectivity index (χ0n) is 12.9. The van der Waals surface area contributed by atoms with E-state index in [9.17, 15) is 5.11 Å². The van der Waals surface area contributed by atoms with E-state index < -0.39 is 0 Å². The summed E-state index contributed by atoms with van der Waals surface area (Å²) >= 11 is 0. The van der Waals surface area contributed by atoms with Gasteiger partial charge in [-0.1, -0.05) is 27.7 Å². The molecule has 2 heteroatoms. The normalized spacial score (nSPS) is 25.3. The van der Waals surface area contributed by atoms with Crippen molar-refractivity contribution in [1.82, 2.24) is 4.90 Å². The molecule has 0 heterocycles. The topological polar surface area (TPSA) is 23.5 Å². The zero-order chi connectivity index (χ0) is 13.5. The summed E-state index contributed by atoms with van der Waals surface area (Å²) < 4.78 is 0. The smallest absolute Gasteiger partial charge is 0.0541 e. The van der Waals surface area contributed by atoms with Gasteiger partial charge in [-0.25, -0.2) is 0 Å². The number of hydrogen-bond donors (Lipinski definition) is 1. The lowest BCUT2D eigenvalue weighted by Gasteiger charge is -2.36. The van der Waals surface area contributed by atoms with Gasteiger partial charge < -0.3 is 10.0 Å². The lowest BCUT2D eigenvalue weighted by molar-refractivity contribution is 0.0693. The van der Waals surface area contributed by atoms with Crippen LogP contribution >= 0.6 is 0 Å². The summed E-state index contributed by atoms with van der Waals surface area (Å²) in [7, 11) is 0. The van der Waals surface area contributed by atoms with Crippen molar-refractivity contribution in [1.29, 1.82) is 0 Å². The molecular weight excluding hydrogens is 222 g/mol. The molecule has 1 N–H and O–H groups in total. The van der Waals surface area contributed by atoms with E-state index in [0.717, 1.165) is 30.7 Å². The molecule has 0 radical (unpaired) electrons. The molecule has 0 aliphatic heterocycles. The Hall–Kier alpha value is -0.0800. The summed E-state index contributed by atoms with van der Waals surface area (Å²) in [5, 5.41) is 9.63. The van der Waals surface area contributed by atoms with Crippen molar-refractivity contribution in [2.75, 3.05) is 13.1 Å². The van der Waals surface area contributed by atoms with Crippen molar-refractivity contribution < 1.29 is 5.11 Å². The molecule has 1 rings (SSSR count). The third kappa shape index (κ3) is 6.19. The molecule has 0 aromatic heterocycles. The summed E-state index contributed by atoms with van der Waals surface area (Å²) in [5.41, 5.74) is 0. The highest BCUT2D eigenvalue weighted by atomic mass is 16.3. The predicted octanol–water partition coefficient (Wildman–Crippen LogP) is 3.68. The minimum Gasteiger partial charge on any atom is -0.393 e. The van der Waals surface area contributed by atoms with E-state index in [1.165, 1.54) is 38.8 Å². The van der Waals surface area contributed by atoms with Crippen LogP contribution in [0.25, 0.3) is 0 Å². The first kappa shape index (κ1) is 16.0. The Morgan fingerprint density at radius 1 is 0.889 bits per heavy atom. The van der Waals surface area contributed by atoms with Crippen LogP contribution < -0.4 is 0 Å². The Morgan fingerprint density at radius 2 is 1.33 bits per heavy atom. The van der Waals surface area contributed by atoms with E-state index in [-0.39, 0.29) is 6.10 Å². The first-order valence-corrected chi connectivity index (χ1v) is 7.91. The third-order valence-corrected chi connectivity index (χ3v) is 4.17. The molecule has 0 atom stereocenters. The first-order chi connectivity index (χ1) is 8.49. The molecular formula is C16H33NO. The Bertz CT molecular complexity index is 195. The van der Waals surface area contributed by atoms with E-state index in [2.05, 4.69) is 32.6 Å². The van der Waals surface area contributed by atoms with Crippen LogP contribution in [0.5, 0.6) is 0 Å². The van der Waals surface area contributed by atoms with Crippen LogP contribution in [0.3, 0.4) is 0 Å². The Balaban J connectivity index is 2.42. The maximum Gasteiger partial charge on any atom is 0.0541 e. The fourth-order valence-corrected chi connectivity index (χ4v) is 2.75. The molecule has 1 aliphatic carbocycles. The van der Waals surface area contributed by atoms with Gasteiger partial charge in [-0.15, -0.1) is 0 Å². The summed E-state index contributed by atoms with van der Waals surface area (Å²) in [6.07, 6.45) is 6.97. The van der Waals surface area contributed by atoms with Crippen molar-refractivity contribution in [3.05, 3.63) is 0 Å². The van der Waals surface area contributed by atoms with E-state index >= 15 is 0 Å². The van der Waals surface area contributed by atoms with Gasteiger partial charge in [0.2, 0.25) is 0 Å². The first-order valence-electron chi connectivity index (χ1n) is 7.91. The second-order valence-corrected chi connectivity index (χ2v) is 6.86. The fraction of sp³-hybridized carbons (Fsp3) is 1.00. The highest BCUT2D eigenvalue weighted by Crippen LogP contribution is 2.24. The lowest BCUT2D eigenvalue weighted by atomic mass is 9.91. The highest BCUT2D eigenvalue weighted by molar-refractivity contribution is 4.79. The van der Waals surface area contributed by atoms with Crippen LogP contribution in [0.1, 0.15) is 66.2 Å². The van der Waals surface area contributed by atoms with Crippen LogP contribution in [0.4, 0.5) is 0 Å². The van der Waals surface area contributed by atoms with Gasteiger partial charge in [0, 0.05) is 6.04 Å². The molecule has 0 amide bonds. The highest BCUT2D eigenvalue weighted by Gasteiger charge is 2.24. The van der Waals surface area contributed by atoms with Gasteiger partial charge in [0.15, 0.2) is 0 Å². The fourth-order valence-electron chi connectivity index (χ4n) is 2.75. The number of aliphatic hydroxyl groups is 1. The molecule has 0 saturated heterocycles. The molecule has 1 aliphatic rings. The Kier molecular flexibility index (Phi) is 7.25. The summed E-state index contributed by atoms with van der Waals surface area (Å²) in [6.45, 7) is 11.7. The van der Waals surface area contributed by atoms with Crippen LogP contribution in [0.15, 0.2) is 0 Å². The molecule has 1 fully saturated rings. The molecule has 0 aromatic rings. The van der Waals surface area contributed by atoms with Gasteiger partial charge in [-0.05, 0) is 63.5 Å². The lowest BCUT2D eigenvalue weighted by Crippen LogP contribution is -2.40. The van der Waals surface area contributed by atoms with E-state index in [0.29, 0.717) is 0 Å². The van der Waals surface area contributed by atoms with Crippen LogP contribution in [0, 0.1) is 11.8 Å². The minimum absolute atomic E-state index is 0.0294. The van der Waals surface area contributed by atoms with E-state index in [4.69, 9.17) is 0 Å². The van der Waals surface area contributed by atoms with E-state index in [1.807, 2.05) is 0 Å².